The van der Waals surface area contributed by atoms with Crippen LogP contribution in [0.3, 0.4) is 0 Å². The molecule has 0 saturated carbocycles. The lowest BCUT2D eigenvalue weighted by Gasteiger charge is -2.26. The molecule has 6 nitrogen and oxygen atoms in total. The van der Waals surface area contributed by atoms with Crippen molar-refractivity contribution in [1.82, 2.24) is 9.97 Å². The Morgan fingerprint density at radius 3 is 2.38 bits per heavy atom. The third-order valence-electron chi connectivity index (χ3n) is 6.60. The number of halogens is 2. The van der Waals surface area contributed by atoms with E-state index in [-0.39, 0.29) is 12.1 Å². The molecule has 0 saturated heterocycles. The Morgan fingerprint density at radius 2 is 1.68 bits per heavy atom. The lowest BCUT2D eigenvalue weighted by atomic mass is 9.95. The number of pyridine rings is 2. The number of benzene rings is 2. The van der Waals surface area contributed by atoms with Crippen LogP contribution in [0.25, 0.3) is 22.3 Å². The first-order valence-corrected chi connectivity index (χ1v) is 13.7. The number of ether oxygens (including phenoxy) is 2. The van der Waals surface area contributed by atoms with E-state index in [4.69, 9.17) is 26.8 Å². The van der Waals surface area contributed by atoms with Crippen LogP contribution in [0.5, 0.6) is 11.5 Å². The van der Waals surface area contributed by atoms with E-state index in [1.165, 1.54) is 17.8 Å². The van der Waals surface area contributed by atoms with Gasteiger partial charge in [-0.2, -0.15) is 0 Å². The summed E-state index contributed by atoms with van der Waals surface area (Å²) < 4.78 is 25.7. The molecule has 0 fully saturated rings. The maximum atomic E-state index is 13.8. The van der Waals surface area contributed by atoms with Crippen molar-refractivity contribution < 1.29 is 19.0 Å². The second-order valence-electron chi connectivity index (χ2n) is 10.3. The number of nitrogens with two attached hydrogens (primary N) is 1. The van der Waals surface area contributed by atoms with E-state index in [9.17, 15) is 9.50 Å². The highest BCUT2D eigenvalue weighted by atomic mass is 35.5. The van der Waals surface area contributed by atoms with Gasteiger partial charge in [0.2, 0.25) is 0 Å². The molecule has 2 unspecified atom stereocenters. The monoisotopic (exact) mass is 563 g/mol. The predicted octanol–water partition coefficient (Wildman–Crippen LogP) is 7.55. The van der Waals surface area contributed by atoms with Gasteiger partial charge < -0.3 is 20.3 Å². The summed E-state index contributed by atoms with van der Waals surface area (Å²) in [5, 5.41) is 9.97. The second kappa shape index (κ2) is 13.2. The lowest BCUT2D eigenvalue weighted by Crippen LogP contribution is -2.29. The Labute approximate surface area is 240 Å². The summed E-state index contributed by atoms with van der Waals surface area (Å²) in [4.78, 5) is 8.12. The van der Waals surface area contributed by atoms with Gasteiger partial charge in [-0.1, -0.05) is 25.4 Å². The summed E-state index contributed by atoms with van der Waals surface area (Å²) in [6, 6.07) is 14.2. The summed E-state index contributed by atoms with van der Waals surface area (Å²) in [6.07, 6.45) is 7.04. The average molecular weight is 564 g/mol. The number of hydrogen-bond donors (Lipinski definition) is 2. The smallest absolute Gasteiger partial charge is 0.132 e. The van der Waals surface area contributed by atoms with Crippen LogP contribution in [0.4, 0.5) is 4.39 Å². The van der Waals surface area contributed by atoms with Crippen LogP contribution in [0, 0.1) is 11.7 Å². The summed E-state index contributed by atoms with van der Waals surface area (Å²) in [5.41, 5.74) is 11.1. The molecule has 2 aromatic carbocycles. The zero-order valence-corrected chi connectivity index (χ0v) is 23.9. The highest BCUT2D eigenvalue weighted by molar-refractivity contribution is 6.30. The molecule has 3 N–H and O–H groups in total. The Morgan fingerprint density at radius 1 is 0.975 bits per heavy atom. The van der Waals surface area contributed by atoms with Crippen molar-refractivity contribution in [1.29, 1.82) is 0 Å². The molecule has 4 aromatic rings. The molecule has 0 amide bonds. The molecule has 0 bridgehead atoms. The SMILES string of the molecule is CC(C)C[C@H](N)COc1ccc2c(c1)OC(C)c1cnccc1-2.CC(O)c1cnccc1-c1ccc(Cl)cc1F. The van der Waals surface area contributed by atoms with Crippen LogP contribution >= 0.6 is 11.6 Å². The zero-order chi connectivity index (χ0) is 28.8. The van der Waals surface area contributed by atoms with Gasteiger partial charge in [-0.15, -0.1) is 0 Å². The molecule has 40 heavy (non-hydrogen) atoms. The van der Waals surface area contributed by atoms with Gasteiger partial charge in [-0.3, -0.25) is 9.97 Å². The minimum absolute atomic E-state index is 0.00959. The number of rotatable bonds is 7. The number of fused-ring (bicyclic) bond motifs is 3. The Bertz CT molecular complexity index is 1450. The van der Waals surface area contributed by atoms with Crippen LogP contribution in [-0.4, -0.2) is 27.7 Å². The largest absolute Gasteiger partial charge is 0.492 e. The van der Waals surface area contributed by atoms with Gasteiger partial charge in [0, 0.05) is 64.2 Å². The van der Waals surface area contributed by atoms with Gasteiger partial charge in [0.1, 0.15) is 30.0 Å². The molecule has 0 aliphatic carbocycles. The first kappa shape index (κ1) is 29.5. The number of nitrogens with zero attached hydrogens (tertiary/aromatic N) is 2. The summed E-state index contributed by atoms with van der Waals surface area (Å²) in [7, 11) is 0. The molecular formula is C32H35ClFN3O3. The second-order valence-corrected chi connectivity index (χ2v) is 10.8. The van der Waals surface area contributed by atoms with Crippen molar-refractivity contribution in [2.24, 2.45) is 11.7 Å². The fraction of sp³-hybridized carbons (Fsp3) is 0.312. The van der Waals surface area contributed by atoms with E-state index >= 15 is 0 Å². The molecule has 0 spiro atoms. The third-order valence-corrected chi connectivity index (χ3v) is 6.83. The van der Waals surface area contributed by atoms with E-state index in [2.05, 4.69) is 23.8 Å². The quantitative estimate of drug-likeness (QED) is 0.241. The van der Waals surface area contributed by atoms with E-state index < -0.39 is 11.9 Å². The lowest BCUT2D eigenvalue weighted by molar-refractivity contribution is 0.199. The fourth-order valence-corrected chi connectivity index (χ4v) is 4.87. The predicted molar refractivity (Wildman–Crippen MR) is 157 cm³/mol. The molecule has 1 aliphatic heterocycles. The van der Waals surface area contributed by atoms with Gasteiger partial charge in [-0.05, 0) is 79.8 Å². The van der Waals surface area contributed by atoms with Crippen molar-refractivity contribution in [2.45, 2.75) is 52.4 Å². The van der Waals surface area contributed by atoms with Crippen LogP contribution in [-0.2, 0) is 0 Å². The van der Waals surface area contributed by atoms with Crippen molar-refractivity contribution >= 4 is 11.6 Å². The minimum Gasteiger partial charge on any atom is -0.492 e. The van der Waals surface area contributed by atoms with Crippen molar-refractivity contribution in [3.05, 3.63) is 95.3 Å². The van der Waals surface area contributed by atoms with Crippen molar-refractivity contribution in [2.75, 3.05) is 6.61 Å². The van der Waals surface area contributed by atoms with E-state index in [0.717, 1.165) is 29.0 Å². The summed E-state index contributed by atoms with van der Waals surface area (Å²) >= 11 is 5.71. The van der Waals surface area contributed by atoms with Crippen LogP contribution in [0.1, 0.15) is 57.5 Å². The fourth-order valence-electron chi connectivity index (χ4n) is 4.71. The molecule has 0 radical (unpaired) electrons. The van der Waals surface area contributed by atoms with Gasteiger partial charge in [0.05, 0.1) is 6.10 Å². The van der Waals surface area contributed by atoms with Gasteiger partial charge in [0.15, 0.2) is 0 Å². The van der Waals surface area contributed by atoms with Crippen LogP contribution < -0.4 is 15.2 Å². The molecular weight excluding hydrogens is 529 g/mol. The first-order chi connectivity index (χ1) is 19.1. The molecule has 8 heteroatoms. The Kier molecular flexibility index (Phi) is 9.74. The third kappa shape index (κ3) is 7.16. The molecule has 1 aliphatic rings. The zero-order valence-electron chi connectivity index (χ0n) is 23.1. The maximum absolute atomic E-state index is 13.8. The van der Waals surface area contributed by atoms with Crippen LogP contribution in [0.15, 0.2) is 73.3 Å². The molecule has 3 atom stereocenters. The molecule has 210 valence electrons. The Balaban J connectivity index is 0.000000194. The summed E-state index contributed by atoms with van der Waals surface area (Å²) in [5.74, 6) is 1.82. The van der Waals surface area contributed by atoms with Crippen molar-refractivity contribution in [3.63, 3.8) is 0 Å². The minimum atomic E-state index is -0.700. The van der Waals surface area contributed by atoms with Crippen LogP contribution in [0.2, 0.25) is 5.02 Å². The van der Waals surface area contributed by atoms with Gasteiger partial charge in [-0.25, -0.2) is 4.39 Å². The topological polar surface area (TPSA) is 90.5 Å². The van der Waals surface area contributed by atoms with Crippen molar-refractivity contribution in [3.8, 4) is 33.8 Å². The summed E-state index contributed by atoms with van der Waals surface area (Å²) in [6.45, 7) is 8.51. The van der Waals surface area contributed by atoms with E-state index in [0.29, 0.717) is 34.2 Å². The number of hydrogen-bond acceptors (Lipinski definition) is 6. The van der Waals surface area contributed by atoms with E-state index in [1.54, 1.807) is 31.3 Å². The first-order valence-electron chi connectivity index (χ1n) is 13.3. The number of aromatic nitrogens is 2. The Hall–Kier alpha value is -3.52. The highest BCUT2D eigenvalue weighted by Gasteiger charge is 2.23. The number of aliphatic hydroxyl groups is 1. The normalized spacial score (nSPS) is 15.2. The molecule has 2 aromatic heterocycles. The van der Waals surface area contributed by atoms with E-state index in [1.807, 2.05) is 43.6 Å². The van der Waals surface area contributed by atoms with Gasteiger partial charge in [0.25, 0.3) is 0 Å². The van der Waals surface area contributed by atoms with Gasteiger partial charge >= 0.3 is 0 Å². The molecule has 5 rings (SSSR count). The highest BCUT2D eigenvalue weighted by Crippen LogP contribution is 2.43. The number of aliphatic hydroxyl groups excluding tert-OH is 1. The maximum Gasteiger partial charge on any atom is 0.132 e. The average Bonchev–Trinajstić information content (AvgIpc) is 2.92. The molecule has 3 heterocycles. The standard InChI is InChI=1S/C19H24N2O2.C13H11ClFNO/c1-12(2)8-14(20)11-22-15-4-5-17-16-6-7-21-10-18(16)13(3)23-19(17)9-15;1-8(17)12-7-16-5-4-10(12)11-3-2-9(14)6-13(11)15/h4-7,9-10,12-14H,8,11,20H2,1-3H3;2-8,17H,1H3/t13?,14-;/m0./s1.